The molecule has 0 heterocycles. The molecule has 0 aromatic rings. The van der Waals surface area contributed by atoms with Crippen molar-refractivity contribution in [2.75, 3.05) is 14.2 Å². The van der Waals surface area contributed by atoms with E-state index < -0.39 is 22.6 Å². The largest absolute Gasteiger partial charge is 0.518 e. The molecular formula is C16H33O4Si2. The molecule has 0 spiro atoms. The molecule has 129 valence electrons. The summed E-state index contributed by atoms with van der Waals surface area (Å²) in [6.45, 7) is 8.35. The molecule has 4 nitrogen and oxygen atoms in total. The molecule has 0 aromatic heterocycles. The first-order chi connectivity index (χ1) is 10.4. The van der Waals surface area contributed by atoms with Crippen LogP contribution < -0.4 is 0 Å². The summed E-state index contributed by atoms with van der Waals surface area (Å²) >= 11 is 0. The Balaban J connectivity index is 2.98. The van der Waals surface area contributed by atoms with Crippen molar-refractivity contribution in [1.82, 2.24) is 0 Å². The average Bonchev–Trinajstić information content (AvgIpc) is 3.08. The zero-order chi connectivity index (χ0) is 16.8. The minimum Gasteiger partial charge on any atom is -0.518 e. The van der Waals surface area contributed by atoms with E-state index in [-0.39, 0.29) is 5.97 Å². The Morgan fingerprint density at radius 1 is 1.14 bits per heavy atom. The Labute approximate surface area is 138 Å². The molecule has 1 rings (SSSR count). The number of hydrogen-bond acceptors (Lipinski definition) is 4. The van der Waals surface area contributed by atoms with E-state index in [1.54, 1.807) is 14.2 Å². The summed E-state index contributed by atoms with van der Waals surface area (Å²) < 4.78 is 17.3. The van der Waals surface area contributed by atoms with Gasteiger partial charge >= 0.3 is 9.28 Å². The van der Waals surface area contributed by atoms with E-state index in [1.165, 1.54) is 25.7 Å². The van der Waals surface area contributed by atoms with E-state index in [2.05, 4.69) is 13.8 Å². The van der Waals surface area contributed by atoms with Gasteiger partial charge in [0.2, 0.25) is 0 Å². The van der Waals surface area contributed by atoms with Gasteiger partial charge in [0.25, 0.3) is 14.3 Å². The summed E-state index contributed by atoms with van der Waals surface area (Å²) in [6.07, 6.45) is 5.72. The van der Waals surface area contributed by atoms with Crippen LogP contribution in [0.4, 0.5) is 0 Å². The second kappa shape index (κ2) is 8.61. The highest BCUT2D eigenvalue weighted by Gasteiger charge is 2.51. The summed E-state index contributed by atoms with van der Waals surface area (Å²) in [5.74, 6) is -0.0881. The SMILES string of the molecule is CCC(C)(C(=O)O[Si](CC)(CC)C1CCCC1)[Si](OC)OC. The molecule has 1 radical (unpaired) electrons. The lowest BCUT2D eigenvalue weighted by Crippen LogP contribution is -2.49. The summed E-state index contributed by atoms with van der Waals surface area (Å²) in [6, 6.07) is 2.03. The third-order valence-electron chi connectivity index (χ3n) is 5.57. The van der Waals surface area contributed by atoms with Crippen LogP contribution in [0.3, 0.4) is 0 Å². The summed E-state index contributed by atoms with van der Waals surface area (Å²) in [5, 5.41) is -0.643. The summed E-state index contributed by atoms with van der Waals surface area (Å²) in [5.41, 5.74) is 0.633. The smallest absolute Gasteiger partial charge is 0.402 e. The normalized spacial score (nSPS) is 19.4. The highest BCUT2D eigenvalue weighted by molar-refractivity contribution is 6.77. The van der Waals surface area contributed by atoms with Crippen LogP contribution >= 0.6 is 0 Å². The molecule has 1 aliphatic rings. The molecule has 22 heavy (non-hydrogen) atoms. The van der Waals surface area contributed by atoms with E-state index in [9.17, 15) is 4.79 Å². The van der Waals surface area contributed by atoms with Crippen molar-refractivity contribution in [3.8, 4) is 0 Å². The van der Waals surface area contributed by atoms with Gasteiger partial charge in [-0.05, 0) is 43.8 Å². The van der Waals surface area contributed by atoms with Gasteiger partial charge in [-0.1, -0.05) is 33.6 Å². The molecule has 0 saturated heterocycles. The third kappa shape index (κ3) is 3.83. The lowest BCUT2D eigenvalue weighted by Gasteiger charge is -2.39. The van der Waals surface area contributed by atoms with E-state index in [0.29, 0.717) is 12.0 Å². The molecule has 0 amide bonds. The number of hydrogen-bond donors (Lipinski definition) is 0. The Morgan fingerprint density at radius 2 is 1.64 bits per heavy atom. The second-order valence-electron chi connectivity index (χ2n) is 6.52. The van der Waals surface area contributed by atoms with Gasteiger partial charge in [0.05, 0.1) is 0 Å². The van der Waals surface area contributed by atoms with Crippen molar-refractivity contribution in [1.29, 1.82) is 0 Å². The van der Waals surface area contributed by atoms with Gasteiger partial charge in [0, 0.05) is 14.2 Å². The van der Waals surface area contributed by atoms with Crippen LogP contribution in [0.1, 0.15) is 59.8 Å². The van der Waals surface area contributed by atoms with Crippen molar-refractivity contribution < 1.29 is 18.1 Å². The highest BCUT2D eigenvalue weighted by atomic mass is 28.4. The molecule has 0 N–H and O–H groups in total. The number of rotatable bonds is 9. The molecule has 0 aliphatic heterocycles. The van der Waals surface area contributed by atoms with Crippen LogP contribution in [-0.2, 0) is 18.1 Å². The Kier molecular flexibility index (Phi) is 7.78. The fourth-order valence-electron chi connectivity index (χ4n) is 3.71. The van der Waals surface area contributed by atoms with Crippen LogP contribution in [0.2, 0.25) is 22.7 Å². The predicted molar refractivity (Wildman–Crippen MR) is 93.5 cm³/mol. The van der Waals surface area contributed by atoms with E-state index >= 15 is 0 Å². The maximum Gasteiger partial charge on any atom is 0.402 e. The fraction of sp³-hybridized carbons (Fsp3) is 0.938. The molecule has 1 saturated carbocycles. The maximum atomic E-state index is 13.0. The molecule has 1 unspecified atom stereocenters. The monoisotopic (exact) mass is 345 g/mol. The Hall–Kier alpha value is -0.176. The molecule has 1 aliphatic carbocycles. The summed E-state index contributed by atoms with van der Waals surface area (Å²) in [7, 11) is -0.438. The molecule has 0 bridgehead atoms. The number of carbonyl (C=O) groups is 1. The summed E-state index contributed by atoms with van der Waals surface area (Å²) in [4.78, 5) is 13.0. The van der Waals surface area contributed by atoms with Crippen LogP contribution in [0, 0.1) is 0 Å². The first kappa shape index (κ1) is 19.9. The van der Waals surface area contributed by atoms with Crippen LogP contribution in [0.15, 0.2) is 0 Å². The first-order valence-electron chi connectivity index (χ1n) is 8.62. The van der Waals surface area contributed by atoms with Crippen molar-refractivity contribution in [3.05, 3.63) is 0 Å². The van der Waals surface area contributed by atoms with Gasteiger partial charge in [0.15, 0.2) is 0 Å². The zero-order valence-electron chi connectivity index (χ0n) is 15.2. The van der Waals surface area contributed by atoms with Gasteiger partial charge in [-0.2, -0.15) is 0 Å². The molecule has 0 aromatic carbocycles. The second-order valence-corrected chi connectivity index (χ2v) is 13.6. The van der Waals surface area contributed by atoms with Gasteiger partial charge in [-0.25, -0.2) is 0 Å². The van der Waals surface area contributed by atoms with Crippen molar-refractivity contribution >= 4 is 23.6 Å². The predicted octanol–water partition coefficient (Wildman–Crippen LogP) is 4.41. The lowest BCUT2D eigenvalue weighted by atomic mass is 10.1. The van der Waals surface area contributed by atoms with Gasteiger partial charge in [-0.15, -0.1) is 0 Å². The molecular weight excluding hydrogens is 312 g/mol. The quantitative estimate of drug-likeness (QED) is 0.581. The fourth-order valence-corrected chi connectivity index (χ4v) is 9.55. The lowest BCUT2D eigenvalue weighted by molar-refractivity contribution is -0.139. The highest BCUT2D eigenvalue weighted by Crippen LogP contribution is 2.45. The van der Waals surface area contributed by atoms with Gasteiger partial charge < -0.3 is 13.3 Å². The van der Waals surface area contributed by atoms with E-state index in [1.807, 2.05) is 13.8 Å². The first-order valence-corrected chi connectivity index (χ1v) is 12.3. The van der Waals surface area contributed by atoms with Gasteiger partial charge in [0.1, 0.15) is 5.04 Å². The Bertz CT molecular complexity index is 350. The maximum absolute atomic E-state index is 13.0. The number of carbonyl (C=O) groups excluding carboxylic acids is 1. The average molecular weight is 346 g/mol. The van der Waals surface area contributed by atoms with Crippen LogP contribution in [0.25, 0.3) is 0 Å². The van der Waals surface area contributed by atoms with Crippen LogP contribution in [-0.4, -0.2) is 37.8 Å². The molecule has 1 fully saturated rings. The zero-order valence-corrected chi connectivity index (χ0v) is 17.2. The molecule has 6 heteroatoms. The van der Waals surface area contributed by atoms with E-state index in [0.717, 1.165) is 12.1 Å². The van der Waals surface area contributed by atoms with Crippen molar-refractivity contribution in [2.45, 2.75) is 82.5 Å². The van der Waals surface area contributed by atoms with Crippen molar-refractivity contribution in [2.24, 2.45) is 0 Å². The topological polar surface area (TPSA) is 44.8 Å². The third-order valence-corrected chi connectivity index (χ3v) is 12.8. The van der Waals surface area contributed by atoms with Gasteiger partial charge in [-0.3, -0.25) is 4.79 Å². The van der Waals surface area contributed by atoms with Crippen molar-refractivity contribution in [3.63, 3.8) is 0 Å². The van der Waals surface area contributed by atoms with Crippen LogP contribution in [0.5, 0.6) is 0 Å². The van der Waals surface area contributed by atoms with E-state index in [4.69, 9.17) is 13.3 Å². The Morgan fingerprint density at radius 3 is 2.00 bits per heavy atom. The minimum atomic E-state index is -2.02. The minimum absolute atomic E-state index is 0.0881. The standard InChI is InChI=1S/C16H33O4Si2/c1-7-16(4,21(18-5)19-6)15(17)20-22(8-2,9-3)14-12-10-11-13-14/h14H,7-13H2,1-6H3. The molecule has 1 atom stereocenters.